The first-order valence-electron chi connectivity index (χ1n) is 4.17. The first-order chi connectivity index (χ1) is 6.76. The molecule has 0 aliphatic heterocycles. The van der Waals surface area contributed by atoms with Crippen molar-refractivity contribution in [2.24, 2.45) is 0 Å². The average Bonchev–Trinajstić information content (AvgIpc) is 2.60. The SMILES string of the molecule is CSc1c(N)ccc2cc(CCl)sc12. The van der Waals surface area contributed by atoms with Crippen LogP contribution in [0.3, 0.4) is 0 Å². The summed E-state index contributed by atoms with van der Waals surface area (Å²) in [5.41, 5.74) is 6.76. The number of thiophene rings is 1. The van der Waals surface area contributed by atoms with Gasteiger partial charge in [-0.2, -0.15) is 0 Å². The normalized spacial score (nSPS) is 11.0. The van der Waals surface area contributed by atoms with Gasteiger partial charge in [0.05, 0.1) is 10.6 Å². The van der Waals surface area contributed by atoms with Crippen molar-refractivity contribution in [3.63, 3.8) is 0 Å². The number of thioether (sulfide) groups is 1. The maximum Gasteiger partial charge on any atom is 0.0568 e. The van der Waals surface area contributed by atoms with Gasteiger partial charge in [0.2, 0.25) is 0 Å². The van der Waals surface area contributed by atoms with E-state index < -0.39 is 0 Å². The summed E-state index contributed by atoms with van der Waals surface area (Å²) in [5, 5.41) is 1.24. The third kappa shape index (κ3) is 1.60. The summed E-state index contributed by atoms with van der Waals surface area (Å²) in [6.07, 6.45) is 2.05. The van der Waals surface area contributed by atoms with Crippen LogP contribution in [0, 0.1) is 0 Å². The summed E-state index contributed by atoms with van der Waals surface area (Å²) in [6.45, 7) is 0. The molecule has 1 aromatic heterocycles. The van der Waals surface area contributed by atoms with E-state index in [4.69, 9.17) is 17.3 Å². The van der Waals surface area contributed by atoms with Gasteiger partial charge in [0.25, 0.3) is 0 Å². The van der Waals surface area contributed by atoms with Crippen LogP contribution in [0.25, 0.3) is 10.1 Å². The summed E-state index contributed by atoms with van der Waals surface area (Å²) >= 11 is 9.23. The summed E-state index contributed by atoms with van der Waals surface area (Å²) in [7, 11) is 0. The van der Waals surface area contributed by atoms with E-state index in [-0.39, 0.29) is 0 Å². The van der Waals surface area contributed by atoms with E-state index in [0.717, 1.165) is 5.69 Å². The smallest absolute Gasteiger partial charge is 0.0568 e. The number of halogens is 1. The van der Waals surface area contributed by atoms with E-state index in [2.05, 4.69) is 12.1 Å². The highest BCUT2D eigenvalue weighted by molar-refractivity contribution is 7.99. The van der Waals surface area contributed by atoms with Crippen LogP contribution in [-0.2, 0) is 5.88 Å². The van der Waals surface area contributed by atoms with Crippen molar-refractivity contribution in [3.05, 3.63) is 23.1 Å². The molecule has 0 unspecified atom stereocenters. The molecule has 0 amide bonds. The molecule has 0 saturated heterocycles. The number of hydrogen-bond donors (Lipinski definition) is 1. The average molecular weight is 244 g/mol. The minimum Gasteiger partial charge on any atom is -0.398 e. The van der Waals surface area contributed by atoms with Crippen molar-refractivity contribution >= 4 is 50.5 Å². The molecule has 4 heteroatoms. The zero-order valence-corrected chi connectivity index (χ0v) is 10.1. The molecule has 0 aliphatic rings. The molecular formula is C10H10ClNS2. The van der Waals surface area contributed by atoms with Gasteiger partial charge in [0.1, 0.15) is 0 Å². The number of benzene rings is 1. The maximum absolute atomic E-state index is 5.90. The van der Waals surface area contributed by atoms with Gasteiger partial charge in [0, 0.05) is 15.5 Å². The zero-order valence-electron chi connectivity index (χ0n) is 7.71. The Morgan fingerprint density at radius 2 is 2.29 bits per heavy atom. The molecule has 0 atom stereocenters. The molecular weight excluding hydrogens is 234 g/mol. The Kier molecular flexibility index (Phi) is 2.91. The van der Waals surface area contributed by atoms with Crippen LogP contribution < -0.4 is 5.73 Å². The maximum atomic E-state index is 5.90. The van der Waals surface area contributed by atoms with Gasteiger partial charge in [-0.25, -0.2) is 0 Å². The van der Waals surface area contributed by atoms with Crippen molar-refractivity contribution < 1.29 is 0 Å². The van der Waals surface area contributed by atoms with Crippen molar-refractivity contribution in [2.45, 2.75) is 10.8 Å². The van der Waals surface area contributed by atoms with Crippen LogP contribution in [-0.4, -0.2) is 6.26 Å². The summed E-state index contributed by atoms with van der Waals surface area (Å²) in [4.78, 5) is 2.37. The molecule has 2 aromatic rings. The van der Waals surface area contributed by atoms with Crippen molar-refractivity contribution in [1.29, 1.82) is 0 Å². The predicted octanol–water partition coefficient (Wildman–Crippen LogP) is 3.94. The van der Waals surface area contributed by atoms with Crippen molar-refractivity contribution in [2.75, 3.05) is 12.0 Å². The van der Waals surface area contributed by atoms with Crippen molar-refractivity contribution in [1.82, 2.24) is 0 Å². The zero-order chi connectivity index (χ0) is 10.1. The monoisotopic (exact) mass is 243 g/mol. The fourth-order valence-electron chi connectivity index (χ4n) is 1.42. The molecule has 74 valence electrons. The van der Waals surface area contributed by atoms with Crippen LogP contribution in [0.5, 0.6) is 0 Å². The van der Waals surface area contributed by atoms with Crippen LogP contribution in [0.15, 0.2) is 23.1 Å². The topological polar surface area (TPSA) is 26.0 Å². The summed E-state index contributed by atoms with van der Waals surface area (Å²) in [5.74, 6) is 0.576. The molecule has 2 N–H and O–H groups in total. The second-order valence-electron chi connectivity index (χ2n) is 2.95. The minimum absolute atomic E-state index is 0.576. The molecule has 1 aromatic carbocycles. The van der Waals surface area contributed by atoms with Gasteiger partial charge in [-0.05, 0) is 23.8 Å². The van der Waals surface area contributed by atoms with Gasteiger partial charge in [-0.3, -0.25) is 0 Å². The third-order valence-corrected chi connectivity index (χ3v) is 4.65. The lowest BCUT2D eigenvalue weighted by Crippen LogP contribution is -1.86. The molecule has 0 fully saturated rings. The predicted molar refractivity (Wildman–Crippen MR) is 67.6 cm³/mol. The number of fused-ring (bicyclic) bond motifs is 1. The second-order valence-corrected chi connectivity index (χ2v) is 5.17. The largest absolute Gasteiger partial charge is 0.398 e. The molecule has 2 rings (SSSR count). The van der Waals surface area contributed by atoms with Gasteiger partial charge in [0.15, 0.2) is 0 Å². The van der Waals surface area contributed by atoms with E-state index in [1.165, 1.54) is 19.9 Å². The van der Waals surface area contributed by atoms with Crippen molar-refractivity contribution in [3.8, 4) is 0 Å². The number of rotatable bonds is 2. The van der Waals surface area contributed by atoms with Gasteiger partial charge in [-0.1, -0.05) is 6.07 Å². The molecule has 0 aliphatic carbocycles. The van der Waals surface area contributed by atoms with E-state index >= 15 is 0 Å². The van der Waals surface area contributed by atoms with E-state index in [1.54, 1.807) is 23.1 Å². The summed E-state index contributed by atoms with van der Waals surface area (Å²) < 4.78 is 1.26. The lowest BCUT2D eigenvalue weighted by Gasteiger charge is -2.02. The Labute approximate surface area is 96.2 Å². The van der Waals surface area contributed by atoms with E-state index in [0.29, 0.717) is 5.88 Å². The minimum atomic E-state index is 0.576. The van der Waals surface area contributed by atoms with E-state index in [9.17, 15) is 0 Å². The molecule has 0 saturated carbocycles. The molecule has 0 radical (unpaired) electrons. The van der Waals surface area contributed by atoms with Gasteiger partial charge < -0.3 is 5.73 Å². The Morgan fingerprint density at radius 1 is 1.50 bits per heavy atom. The first kappa shape index (κ1) is 10.1. The molecule has 0 bridgehead atoms. The Bertz CT molecular complexity index is 464. The molecule has 1 heterocycles. The first-order valence-corrected chi connectivity index (χ1v) is 6.74. The standard InChI is InChI=1S/C10H10ClNS2/c1-13-10-8(12)3-2-6-4-7(5-11)14-9(6)10/h2-4H,5,12H2,1H3. The third-order valence-electron chi connectivity index (χ3n) is 2.06. The van der Waals surface area contributed by atoms with E-state index in [1.807, 2.05) is 12.3 Å². The van der Waals surface area contributed by atoms with Gasteiger partial charge >= 0.3 is 0 Å². The number of alkyl halides is 1. The number of nitrogens with two attached hydrogens (primary N) is 1. The number of anilines is 1. The quantitative estimate of drug-likeness (QED) is 0.491. The Balaban J connectivity index is 2.73. The molecule has 14 heavy (non-hydrogen) atoms. The Morgan fingerprint density at radius 3 is 2.93 bits per heavy atom. The lowest BCUT2D eigenvalue weighted by molar-refractivity contribution is 1.54. The number of nitrogen functional groups attached to an aromatic ring is 1. The molecule has 0 spiro atoms. The van der Waals surface area contributed by atoms with Crippen LogP contribution in [0.2, 0.25) is 0 Å². The highest BCUT2D eigenvalue weighted by Gasteiger charge is 2.08. The second kappa shape index (κ2) is 4.01. The summed E-state index contributed by atoms with van der Waals surface area (Å²) in [6, 6.07) is 6.14. The fraction of sp³-hybridized carbons (Fsp3) is 0.200. The highest BCUT2D eigenvalue weighted by atomic mass is 35.5. The van der Waals surface area contributed by atoms with Crippen LogP contribution in [0.4, 0.5) is 5.69 Å². The highest BCUT2D eigenvalue weighted by Crippen LogP contribution is 2.37. The van der Waals surface area contributed by atoms with Crippen LogP contribution in [0.1, 0.15) is 4.88 Å². The lowest BCUT2D eigenvalue weighted by atomic mass is 10.2. The Hall–Kier alpha value is -0.380. The molecule has 1 nitrogen and oxygen atoms in total. The van der Waals surface area contributed by atoms with Crippen LogP contribution >= 0.6 is 34.7 Å². The fourth-order valence-corrected chi connectivity index (χ4v) is 3.60. The van der Waals surface area contributed by atoms with Gasteiger partial charge in [-0.15, -0.1) is 34.7 Å². The number of hydrogen-bond acceptors (Lipinski definition) is 3.